The Balaban J connectivity index is 1.68. The maximum Gasteiger partial charge on any atom is 0.252 e. The van der Waals surface area contributed by atoms with Crippen LogP contribution in [-0.2, 0) is 4.74 Å². The van der Waals surface area contributed by atoms with Crippen LogP contribution in [0.25, 0.3) is 10.9 Å². The zero-order chi connectivity index (χ0) is 16.2. The minimum absolute atomic E-state index is 0.215. The van der Waals surface area contributed by atoms with E-state index in [9.17, 15) is 9.59 Å². The third kappa shape index (κ3) is 3.60. The van der Waals surface area contributed by atoms with E-state index in [1.165, 1.54) is 6.07 Å². The second kappa shape index (κ2) is 6.93. The van der Waals surface area contributed by atoms with Crippen LogP contribution in [0.4, 0.5) is 0 Å². The third-order valence-corrected chi connectivity index (χ3v) is 4.18. The number of benzene rings is 1. The number of nitrogens with zero attached hydrogens (tertiary/aromatic N) is 1. The second-order valence-electron chi connectivity index (χ2n) is 5.81. The summed E-state index contributed by atoms with van der Waals surface area (Å²) in [6, 6.07) is 9.04. The van der Waals surface area contributed by atoms with Gasteiger partial charge in [0.05, 0.1) is 18.8 Å². The topological polar surface area (TPSA) is 74.4 Å². The number of para-hydroxylation sites is 1. The smallest absolute Gasteiger partial charge is 0.252 e. The van der Waals surface area contributed by atoms with E-state index in [0.29, 0.717) is 23.7 Å². The first-order valence-corrected chi connectivity index (χ1v) is 7.87. The zero-order valence-electron chi connectivity index (χ0n) is 13.2. The predicted molar refractivity (Wildman–Crippen MR) is 88.8 cm³/mol. The molecule has 6 heteroatoms. The van der Waals surface area contributed by atoms with Crippen LogP contribution < -0.4 is 10.9 Å². The summed E-state index contributed by atoms with van der Waals surface area (Å²) in [6.07, 6.45) is 0. The number of amides is 1. The van der Waals surface area contributed by atoms with Gasteiger partial charge in [0.2, 0.25) is 5.56 Å². The number of aromatic nitrogens is 1. The molecular weight excluding hydrogens is 294 g/mol. The summed E-state index contributed by atoms with van der Waals surface area (Å²) in [5, 5.41) is 3.67. The Bertz CT molecular complexity index is 756. The van der Waals surface area contributed by atoms with E-state index < -0.39 is 0 Å². The van der Waals surface area contributed by atoms with Gasteiger partial charge in [0.1, 0.15) is 0 Å². The molecular formula is C17H21N3O3. The van der Waals surface area contributed by atoms with Gasteiger partial charge in [-0.25, -0.2) is 0 Å². The molecule has 0 radical (unpaired) electrons. The van der Waals surface area contributed by atoms with Crippen molar-refractivity contribution < 1.29 is 9.53 Å². The molecule has 1 aliphatic rings. The lowest BCUT2D eigenvalue weighted by atomic mass is 10.1. The van der Waals surface area contributed by atoms with Crippen molar-refractivity contribution in [3.8, 4) is 0 Å². The van der Waals surface area contributed by atoms with E-state index >= 15 is 0 Å². The molecule has 122 valence electrons. The molecule has 0 saturated carbocycles. The van der Waals surface area contributed by atoms with Crippen molar-refractivity contribution >= 4 is 16.8 Å². The van der Waals surface area contributed by atoms with E-state index in [2.05, 4.69) is 22.1 Å². The fraction of sp³-hybridized carbons (Fsp3) is 0.412. The summed E-state index contributed by atoms with van der Waals surface area (Å²) in [4.78, 5) is 29.2. The van der Waals surface area contributed by atoms with Crippen LogP contribution in [0.2, 0.25) is 0 Å². The fourth-order valence-corrected chi connectivity index (χ4v) is 2.89. The lowest BCUT2D eigenvalue weighted by Gasteiger charge is -2.33. The SMILES string of the molecule is CC1COCCN1CCNC(=O)c1cc(=O)[nH]c2ccccc12. The largest absolute Gasteiger partial charge is 0.379 e. The summed E-state index contributed by atoms with van der Waals surface area (Å²) >= 11 is 0. The lowest BCUT2D eigenvalue weighted by molar-refractivity contribution is 0.000542. The Morgan fingerprint density at radius 2 is 2.26 bits per heavy atom. The molecule has 1 aromatic carbocycles. The molecule has 2 aromatic rings. The maximum atomic E-state index is 12.4. The normalized spacial score (nSPS) is 18.9. The highest BCUT2D eigenvalue weighted by Gasteiger charge is 2.18. The van der Waals surface area contributed by atoms with Gasteiger partial charge in [-0.3, -0.25) is 14.5 Å². The average Bonchev–Trinajstić information content (AvgIpc) is 2.55. The first kappa shape index (κ1) is 15.7. The van der Waals surface area contributed by atoms with Crippen molar-refractivity contribution in [2.75, 3.05) is 32.8 Å². The highest BCUT2D eigenvalue weighted by Crippen LogP contribution is 2.14. The number of hydrogen-bond donors (Lipinski definition) is 2. The molecule has 23 heavy (non-hydrogen) atoms. The summed E-state index contributed by atoms with van der Waals surface area (Å²) in [6.45, 7) is 5.78. The van der Waals surface area contributed by atoms with Crippen molar-refractivity contribution in [2.45, 2.75) is 13.0 Å². The van der Waals surface area contributed by atoms with Crippen molar-refractivity contribution in [3.63, 3.8) is 0 Å². The van der Waals surface area contributed by atoms with Crippen LogP contribution in [0.1, 0.15) is 17.3 Å². The Morgan fingerprint density at radius 1 is 1.43 bits per heavy atom. The molecule has 1 aliphatic heterocycles. The van der Waals surface area contributed by atoms with Crippen LogP contribution in [0.3, 0.4) is 0 Å². The molecule has 1 fully saturated rings. The summed E-state index contributed by atoms with van der Waals surface area (Å²) < 4.78 is 5.40. The fourth-order valence-electron chi connectivity index (χ4n) is 2.89. The Morgan fingerprint density at radius 3 is 3.09 bits per heavy atom. The monoisotopic (exact) mass is 315 g/mol. The van der Waals surface area contributed by atoms with E-state index in [4.69, 9.17) is 4.74 Å². The summed E-state index contributed by atoms with van der Waals surface area (Å²) in [5.74, 6) is -0.215. The van der Waals surface area contributed by atoms with Gasteiger partial charge in [0.25, 0.3) is 5.91 Å². The molecule has 0 aliphatic carbocycles. The number of H-pyrrole nitrogens is 1. The number of aromatic amines is 1. The minimum atomic E-state index is -0.268. The Hall–Kier alpha value is -2.18. The van der Waals surface area contributed by atoms with Crippen molar-refractivity contribution in [1.29, 1.82) is 0 Å². The molecule has 0 spiro atoms. The number of hydrogen-bond acceptors (Lipinski definition) is 4. The highest BCUT2D eigenvalue weighted by atomic mass is 16.5. The van der Waals surface area contributed by atoms with Gasteiger partial charge in [0.15, 0.2) is 0 Å². The standard InChI is InChI=1S/C17H21N3O3/c1-12-11-23-9-8-20(12)7-6-18-17(22)14-10-16(21)19-15-5-3-2-4-13(14)15/h2-5,10,12H,6-9,11H2,1H3,(H,18,22)(H,19,21). The van der Waals surface area contributed by atoms with Gasteiger partial charge in [-0.2, -0.15) is 0 Å². The molecule has 1 saturated heterocycles. The van der Waals surface area contributed by atoms with E-state index in [0.717, 1.165) is 31.7 Å². The molecule has 1 amide bonds. The Labute approximate surface area is 134 Å². The van der Waals surface area contributed by atoms with Gasteiger partial charge >= 0.3 is 0 Å². The number of ether oxygens (including phenoxy) is 1. The number of carbonyl (C=O) groups is 1. The highest BCUT2D eigenvalue weighted by molar-refractivity contribution is 6.05. The van der Waals surface area contributed by atoms with Crippen molar-refractivity contribution in [2.24, 2.45) is 0 Å². The van der Waals surface area contributed by atoms with Gasteiger partial charge in [0, 0.05) is 42.6 Å². The lowest BCUT2D eigenvalue weighted by Crippen LogP contribution is -2.46. The molecule has 1 atom stereocenters. The molecule has 1 unspecified atom stereocenters. The van der Waals surface area contributed by atoms with E-state index in [1.54, 1.807) is 6.07 Å². The first-order chi connectivity index (χ1) is 11.1. The van der Waals surface area contributed by atoms with E-state index in [1.807, 2.05) is 18.2 Å². The van der Waals surface area contributed by atoms with Crippen LogP contribution >= 0.6 is 0 Å². The zero-order valence-corrected chi connectivity index (χ0v) is 13.2. The number of nitrogens with one attached hydrogen (secondary N) is 2. The quantitative estimate of drug-likeness (QED) is 0.882. The number of carbonyl (C=O) groups excluding carboxylic acids is 1. The van der Waals surface area contributed by atoms with E-state index in [-0.39, 0.29) is 11.5 Å². The molecule has 0 bridgehead atoms. The molecule has 2 N–H and O–H groups in total. The number of pyridine rings is 1. The predicted octanol–water partition coefficient (Wildman–Crippen LogP) is 0.979. The minimum Gasteiger partial charge on any atom is -0.379 e. The maximum absolute atomic E-state index is 12.4. The molecule has 3 rings (SSSR count). The van der Waals surface area contributed by atoms with Gasteiger partial charge in [-0.15, -0.1) is 0 Å². The van der Waals surface area contributed by atoms with Gasteiger partial charge < -0.3 is 15.0 Å². The van der Waals surface area contributed by atoms with Crippen LogP contribution in [0.15, 0.2) is 35.1 Å². The first-order valence-electron chi connectivity index (χ1n) is 7.87. The molecule has 1 aromatic heterocycles. The van der Waals surface area contributed by atoms with Crippen LogP contribution in [0, 0.1) is 0 Å². The third-order valence-electron chi connectivity index (χ3n) is 4.18. The van der Waals surface area contributed by atoms with Crippen LogP contribution in [-0.4, -0.2) is 54.7 Å². The summed E-state index contributed by atoms with van der Waals surface area (Å²) in [7, 11) is 0. The number of fused-ring (bicyclic) bond motifs is 1. The molecule has 2 heterocycles. The summed E-state index contributed by atoms with van der Waals surface area (Å²) in [5.41, 5.74) is 0.821. The Kier molecular flexibility index (Phi) is 4.73. The van der Waals surface area contributed by atoms with Crippen molar-refractivity contribution in [1.82, 2.24) is 15.2 Å². The van der Waals surface area contributed by atoms with Gasteiger partial charge in [-0.1, -0.05) is 18.2 Å². The van der Waals surface area contributed by atoms with Gasteiger partial charge in [-0.05, 0) is 13.0 Å². The second-order valence-corrected chi connectivity index (χ2v) is 5.81. The number of rotatable bonds is 4. The average molecular weight is 315 g/mol. The van der Waals surface area contributed by atoms with Crippen LogP contribution in [0.5, 0.6) is 0 Å². The molecule has 6 nitrogen and oxygen atoms in total. The number of morpholine rings is 1. The van der Waals surface area contributed by atoms with Crippen molar-refractivity contribution in [3.05, 3.63) is 46.2 Å².